The van der Waals surface area contributed by atoms with E-state index in [4.69, 9.17) is 4.74 Å². The van der Waals surface area contributed by atoms with Crippen LogP contribution < -0.4 is 4.90 Å². The summed E-state index contributed by atoms with van der Waals surface area (Å²) in [6.07, 6.45) is 1.08. The van der Waals surface area contributed by atoms with Crippen LogP contribution in [0.2, 0.25) is 0 Å². The number of aromatic carboxylic acids is 1. The number of ether oxygens (including phenoxy) is 1. The maximum atomic E-state index is 14.1. The largest absolute Gasteiger partial charge is 0.478 e. The monoisotopic (exact) mass is 394 g/mol. The first-order valence-corrected chi connectivity index (χ1v) is 9.74. The summed E-state index contributed by atoms with van der Waals surface area (Å²) < 4.78 is 19.6. The van der Waals surface area contributed by atoms with E-state index in [9.17, 15) is 19.1 Å². The first-order valence-electron chi connectivity index (χ1n) is 9.74. The van der Waals surface area contributed by atoms with Gasteiger partial charge in [0.2, 0.25) is 0 Å². The highest BCUT2D eigenvalue weighted by atomic mass is 19.1. The number of carboxylic acids is 1. The molecular formula is C21H31FN2O4. The molecule has 6 nitrogen and oxygen atoms in total. The van der Waals surface area contributed by atoms with Crippen LogP contribution in [0.25, 0.3) is 0 Å². The number of halogens is 1. The van der Waals surface area contributed by atoms with Crippen molar-refractivity contribution in [2.75, 3.05) is 18.0 Å². The van der Waals surface area contributed by atoms with Gasteiger partial charge in [-0.1, -0.05) is 0 Å². The van der Waals surface area contributed by atoms with E-state index in [1.165, 1.54) is 6.07 Å². The molecule has 7 heteroatoms. The molecule has 2 unspecified atom stereocenters. The minimum atomic E-state index is -1.14. The van der Waals surface area contributed by atoms with Crippen LogP contribution >= 0.6 is 0 Å². The van der Waals surface area contributed by atoms with E-state index >= 15 is 0 Å². The Kier molecular flexibility index (Phi) is 6.57. The van der Waals surface area contributed by atoms with Gasteiger partial charge in [0.15, 0.2) is 0 Å². The molecule has 0 aromatic heterocycles. The van der Waals surface area contributed by atoms with Crippen LogP contribution in [0.5, 0.6) is 0 Å². The van der Waals surface area contributed by atoms with Gasteiger partial charge in [-0.15, -0.1) is 0 Å². The predicted molar refractivity (Wildman–Crippen MR) is 107 cm³/mol. The Bertz CT molecular complexity index is 745. The topological polar surface area (TPSA) is 70.1 Å². The molecule has 0 spiro atoms. The number of carboxylic acid groups (broad SMARTS) is 1. The Morgan fingerprint density at radius 2 is 2.00 bits per heavy atom. The highest BCUT2D eigenvalue weighted by molar-refractivity contribution is 5.91. The maximum absolute atomic E-state index is 14.1. The van der Waals surface area contributed by atoms with Crippen LogP contribution in [0.15, 0.2) is 12.1 Å². The molecule has 0 bridgehead atoms. The lowest BCUT2D eigenvalue weighted by Crippen LogP contribution is -2.52. The van der Waals surface area contributed by atoms with E-state index in [0.717, 1.165) is 6.07 Å². The van der Waals surface area contributed by atoms with E-state index in [2.05, 4.69) is 0 Å². The van der Waals surface area contributed by atoms with Gasteiger partial charge in [-0.3, -0.25) is 0 Å². The van der Waals surface area contributed by atoms with Gasteiger partial charge < -0.3 is 19.6 Å². The molecule has 0 aliphatic carbocycles. The fourth-order valence-electron chi connectivity index (χ4n) is 3.83. The Hall–Kier alpha value is -2.31. The zero-order valence-electron chi connectivity index (χ0n) is 17.6. The molecule has 156 valence electrons. The Balaban J connectivity index is 2.22. The lowest BCUT2D eigenvalue weighted by atomic mass is 9.95. The third kappa shape index (κ3) is 4.94. The summed E-state index contributed by atoms with van der Waals surface area (Å²) >= 11 is 0. The van der Waals surface area contributed by atoms with Gasteiger partial charge in [0.1, 0.15) is 11.4 Å². The number of carbonyl (C=O) groups is 2. The number of amides is 1. The lowest BCUT2D eigenvalue weighted by molar-refractivity contribution is 0.0103. The lowest BCUT2D eigenvalue weighted by Gasteiger charge is -2.43. The van der Waals surface area contributed by atoms with Crippen LogP contribution in [-0.2, 0) is 4.74 Å². The maximum Gasteiger partial charge on any atom is 0.410 e. The van der Waals surface area contributed by atoms with Gasteiger partial charge in [0.05, 0.1) is 5.56 Å². The molecule has 2 atom stereocenters. The van der Waals surface area contributed by atoms with Crippen molar-refractivity contribution in [1.29, 1.82) is 0 Å². The first kappa shape index (κ1) is 22.0. The number of nitrogens with zero attached hydrogens (tertiary/aromatic N) is 2. The molecule has 1 amide bonds. The molecular weight excluding hydrogens is 363 g/mol. The SMILES string of the molecule is CCN(c1cc(F)cc(C(=O)O)c1C)C1CCN(C(=O)OC(C)(C)C)C(C)C1. The van der Waals surface area contributed by atoms with Gasteiger partial charge in [0.25, 0.3) is 0 Å². The number of carbonyl (C=O) groups excluding carboxylic acids is 1. The highest BCUT2D eigenvalue weighted by Crippen LogP contribution is 2.31. The van der Waals surface area contributed by atoms with Gasteiger partial charge in [-0.25, -0.2) is 14.0 Å². The Labute approximate surface area is 166 Å². The van der Waals surface area contributed by atoms with Crippen molar-refractivity contribution < 1.29 is 23.8 Å². The van der Waals surface area contributed by atoms with Crippen LogP contribution in [-0.4, -0.2) is 52.8 Å². The molecule has 1 aromatic carbocycles. The highest BCUT2D eigenvalue weighted by Gasteiger charge is 2.34. The second-order valence-corrected chi connectivity index (χ2v) is 8.39. The van der Waals surface area contributed by atoms with E-state index in [1.807, 2.05) is 39.5 Å². The summed E-state index contributed by atoms with van der Waals surface area (Å²) in [7, 11) is 0. The van der Waals surface area contributed by atoms with E-state index in [-0.39, 0.29) is 23.7 Å². The number of rotatable bonds is 4. The fourth-order valence-corrected chi connectivity index (χ4v) is 3.83. The standard InChI is InChI=1S/C21H31FN2O4/c1-7-23(18-12-15(22)11-17(14(18)3)19(25)26)16-8-9-24(13(2)10-16)20(27)28-21(4,5)6/h11-13,16H,7-10H2,1-6H3,(H,25,26). The van der Waals surface area contributed by atoms with Crippen molar-refractivity contribution in [3.8, 4) is 0 Å². The predicted octanol–water partition coefficient (Wildman–Crippen LogP) is 4.45. The second-order valence-electron chi connectivity index (χ2n) is 8.39. The molecule has 1 aliphatic heterocycles. The third-order valence-corrected chi connectivity index (χ3v) is 5.14. The number of hydrogen-bond donors (Lipinski definition) is 1. The van der Waals surface area contributed by atoms with Crippen molar-refractivity contribution >= 4 is 17.7 Å². The Morgan fingerprint density at radius 3 is 2.50 bits per heavy atom. The van der Waals surface area contributed by atoms with Gasteiger partial charge in [-0.2, -0.15) is 0 Å². The number of hydrogen-bond acceptors (Lipinski definition) is 4. The van der Waals surface area contributed by atoms with Gasteiger partial charge >= 0.3 is 12.1 Å². The molecule has 0 saturated carbocycles. The number of anilines is 1. The molecule has 1 aliphatic rings. The first-order chi connectivity index (χ1) is 12.9. The zero-order valence-corrected chi connectivity index (χ0v) is 17.6. The Morgan fingerprint density at radius 1 is 1.36 bits per heavy atom. The molecule has 1 saturated heterocycles. The summed E-state index contributed by atoms with van der Waals surface area (Å²) in [5, 5.41) is 9.37. The molecule has 0 radical (unpaired) electrons. The summed E-state index contributed by atoms with van der Waals surface area (Å²) in [6, 6.07) is 2.51. The minimum absolute atomic E-state index is 0.0207. The van der Waals surface area contributed by atoms with Crippen molar-refractivity contribution in [2.24, 2.45) is 0 Å². The molecule has 2 rings (SSSR count). The number of benzene rings is 1. The summed E-state index contributed by atoms with van der Waals surface area (Å²) in [5.74, 6) is -1.70. The van der Waals surface area contributed by atoms with Crippen LogP contribution in [0.3, 0.4) is 0 Å². The average Bonchev–Trinajstić information content (AvgIpc) is 2.56. The van der Waals surface area contributed by atoms with Gasteiger partial charge in [0, 0.05) is 30.9 Å². The second kappa shape index (κ2) is 8.37. The van der Waals surface area contributed by atoms with E-state index in [1.54, 1.807) is 11.8 Å². The van der Waals surface area contributed by atoms with Crippen LogP contribution in [0, 0.1) is 12.7 Å². The number of likely N-dealkylation sites (tertiary alicyclic amines) is 1. The summed E-state index contributed by atoms with van der Waals surface area (Å²) in [4.78, 5) is 27.7. The third-order valence-electron chi connectivity index (χ3n) is 5.14. The normalized spacial score (nSPS) is 20.0. The van der Waals surface area contributed by atoms with Crippen molar-refractivity contribution in [2.45, 2.75) is 72.1 Å². The fraction of sp³-hybridized carbons (Fsp3) is 0.619. The van der Waals surface area contributed by atoms with Crippen molar-refractivity contribution in [3.63, 3.8) is 0 Å². The van der Waals surface area contributed by atoms with E-state index < -0.39 is 17.4 Å². The molecule has 28 heavy (non-hydrogen) atoms. The van der Waals surface area contributed by atoms with Crippen LogP contribution in [0.4, 0.5) is 14.9 Å². The minimum Gasteiger partial charge on any atom is -0.478 e. The smallest absolute Gasteiger partial charge is 0.410 e. The van der Waals surface area contributed by atoms with Gasteiger partial charge in [-0.05, 0) is 72.1 Å². The average molecular weight is 394 g/mol. The summed E-state index contributed by atoms with van der Waals surface area (Å²) in [5.41, 5.74) is 0.586. The van der Waals surface area contributed by atoms with Crippen molar-refractivity contribution in [1.82, 2.24) is 4.90 Å². The molecule has 1 heterocycles. The van der Waals surface area contributed by atoms with Crippen molar-refractivity contribution in [3.05, 3.63) is 29.1 Å². The number of piperidine rings is 1. The van der Waals surface area contributed by atoms with E-state index in [0.29, 0.717) is 37.2 Å². The van der Waals surface area contributed by atoms with Crippen LogP contribution in [0.1, 0.15) is 63.4 Å². The quantitative estimate of drug-likeness (QED) is 0.817. The summed E-state index contributed by atoms with van der Waals surface area (Å²) in [6.45, 7) is 12.3. The zero-order chi connectivity index (χ0) is 21.2. The molecule has 1 fully saturated rings. The molecule has 1 aromatic rings. The molecule has 1 N–H and O–H groups in total.